The number of nitrogens with one attached hydrogen (secondary N) is 1. The van der Waals surface area contributed by atoms with Crippen LogP contribution >= 0.6 is 12.4 Å². The third-order valence-corrected chi connectivity index (χ3v) is 4.13. The number of rotatable bonds is 5. The first-order chi connectivity index (χ1) is 11.2. The van der Waals surface area contributed by atoms with Gasteiger partial charge in [-0.3, -0.25) is 4.90 Å². The lowest BCUT2D eigenvalue weighted by atomic mass is 10.0. The van der Waals surface area contributed by atoms with E-state index in [1.54, 1.807) is 19.2 Å². The molecule has 0 amide bonds. The number of aromatic nitrogens is 2. The highest BCUT2D eigenvalue weighted by Crippen LogP contribution is 2.24. The maximum atomic E-state index is 13.5. The van der Waals surface area contributed by atoms with E-state index in [0.29, 0.717) is 18.3 Å². The minimum atomic E-state index is -0.220. The number of hydrogen-bond acceptors (Lipinski definition) is 6. The van der Waals surface area contributed by atoms with Gasteiger partial charge in [-0.05, 0) is 24.6 Å². The molecule has 1 aliphatic heterocycles. The zero-order valence-corrected chi connectivity index (χ0v) is 14.6. The van der Waals surface area contributed by atoms with Crippen LogP contribution in [0.3, 0.4) is 0 Å². The fourth-order valence-electron chi connectivity index (χ4n) is 2.75. The van der Waals surface area contributed by atoms with Gasteiger partial charge in [-0.2, -0.15) is 4.98 Å². The zero-order chi connectivity index (χ0) is 16.2. The molecule has 2 heterocycles. The van der Waals surface area contributed by atoms with Crippen LogP contribution in [0, 0.1) is 5.82 Å². The SMILES string of the molecule is COC(C)c1noc(CN2CCNCC2c2cccc(F)c2)n1.Cl. The van der Waals surface area contributed by atoms with Gasteiger partial charge in [0, 0.05) is 32.8 Å². The van der Waals surface area contributed by atoms with Gasteiger partial charge in [-0.15, -0.1) is 12.4 Å². The molecule has 1 N–H and O–H groups in total. The summed E-state index contributed by atoms with van der Waals surface area (Å²) in [5.41, 5.74) is 0.946. The van der Waals surface area contributed by atoms with E-state index in [1.165, 1.54) is 6.07 Å². The van der Waals surface area contributed by atoms with Crippen LogP contribution in [-0.4, -0.2) is 41.8 Å². The summed E-state index contributed by atoms with van der Waals surface area (Å²) in [6, 6.07) is 6.80. The predicted molar refractivity (Wildman–Crippen MR) is 89.4 cm³/mol. The van der Waals surface area contributed by atoms with Crippen molar-refractivity contribution < 1.29 is 13.7 Å². The lowest BCUT2D eigenvalue weighted by molar-refractivity contribution is 0.109. The molecule has 1 fully saturated rings. The third kappa shape index (κ3) is 4.30. The van der Waals surface area contributed by atoms with E-state index < -0.39 is 0 Å². The minimum absolute atomic E-state index is 0. The summed E-state index contributed by atoms with van der Waals surface area (Å²) in [6.45, 7) is 4.88. The molecule has 0 saturated carbocycles. The maximum absolute atomic E-state index is 13.5. The van der Waals surface area contributed by atoms with Gasteiger partial charge in [0.25, 0.3) is 0 Å². The van der Waals surface area contributed by atoms with Crippen molar-refractivity contribution in [3.8, 4) is 0 Å². The van der Waals surface area contributed by atoms with Crippen LogP contribution < -0.4 is 5.32 Å². The van der Waals surface area contributed by atoms with Crippen molar-refractivity contribution in [3.63, 3.8) is 0 Å². The Hall–Kier alpha value is -1.54. The van der Waals surface area contributed by atoms with Crippen LogP contribution in [0.1, 0.15) is 36.3 Å². The molecule has 0 bridgehead atoms. The molecule has 1 aliphatic rings. The number of benzene rings is 1. The molecule has 3 rings (SSSR count). The summed E-state index contributed by atoms with van der Waals surface area (Å²) in [5, 5.41) is 7.30. The monoisotopic (exact) mass is 356 g/mol. The lowest BCUT2D eigenvalue weighted by Crippen LogP contribution is -2.45. The molecule has 0 radical (unpaired) electrons. The van der Waals surface area contributed by atoms with Crippen LogP contribution in [0.5, 0.6) is 0 Å². The number of piperazine rings is 1. The Morgan fingerprint density at radius 2 is 2.33 bits per heavy atom. The number of nitrogens with zero attached hydrogens (tertiary/aromatic N) is 3. The highest BCUT2D eigenvalue weighted by atomic mass is 35.5. The Balaban J connectivity index is 0.00000208. The number of halogens is 2. The van der Waals surface area contributed by atoms with E-state index in [9.17, 15) is 4.39 Å². The van der Waals surface area contributed by atoms with E-state index in [-0.39, 0.29) is 30.4 Å². The molecule has 24 heavy (non-hydrogen) atoms. The number of methoxy groups -OCH3 is 1. The van der Waals surface area contributed by atoms with Gasteiger partial charge in [0.1, 0.15) is 11.9 Å². The molecule has 1 saturated heterocycles. The van der Waals surface area contributed by atoms with Crippen LogP contribution in [0.15, 0.2) is 28.8 Å². The standard InChI is InChI=1S/C16H21FN4O2.ClH/c1-11(22-2)16-19-15(23-20-16)10-21-7-6-18-9-14(21)12-4-3-5-13(17)8-12;/h3-5,8,11,14,18H,6-7,9-10H2,1-2H3;1H. The predicted octanol–water partition coefficient (Wildman–Crippen LogP) is 2.48. The molecule has 8 heteroatoms. The Bertz CT molecular complexity index is 655. The van der Waals surface area contributed by atoms with Crippen molar-refractivity contribution in [3.05, 3.63) is 47.4 Å². The molecular formula is C16H22ClFN4O2. The highest BCUT2D eigenvalue weighted by Gasteiger charge is 2.26. The Kier molecular flexibility index (Phi) is 6.68. The van der Waals surface area contributed by atoms with Crippen LogP contribution in [-0.2, 0) is 11.3 Å². The average molecular weight is 357 g/mol. The van der Waals surface area contributed by atoms with E-state index in [1.807, 2.05) is 13.0 Å². The molecule has 1 aromatic heterocycles. The minimum Gasteiger partial charge on any atom is -0.374 e. The molecule has 2 unspecified atom stereocenters. The summed E-state index contributed by atoms with van der Waals surface area (Å²) < 4.78 is 24.0. The van der Waals surface area contributed by atoms with E-state index in [4.69, 9.17) is 9.26 Å². The smallest absolute Gasteiger partial charge is 0.240 e. The van der Waals surface area contributed by atoms with Crippen molar-refractivity contribution in [2.75, 3.05) is 26.7 Å². The fourth-order valence-corrected chi connectivity index (χ4v) is 2.75. The van der Waals surface area contributed by atoms with Gasteiger partial charge in [0.2, 0.25) is 5.89 Å². The highest BCUT2D eigenvalue weighted by molar-refractivity contribution is 5.85. The lowest BCUT2D eigenvalue weighted by Gasteiger charge is -2.35. The third-order valence-electron chi connectivity index (χ3n) is 4.13. The van der Waals surface area contributed by atoms with Gasteiger partial charge >= 0.3 is 0 Å². The molecule has 6 nitrogen and oxygen atoms in total. The second-order valence-corrected chi connectivity index (χ2v) is 5.67. The Morgan fingerprint density at radius 1 is 1.50 bits per heavy atom. The summed E-state index contributed by atoms with van der Waals surface area (Å²) in [4.78, 5) is 6.60. The molecule has 1 aromatic carbocycles. The number of ether oxygens (including phenoxy) is 1. The normalized spacial score (nSPS) is 19.7. The van der Waals surface area contributed by atoms with Crippen LogP contribution in [0.4, 0.5) is 4.39 Å². The van der Waals surface area contributed by atoms with Gasteiger partial charge in [0.05, 0.1) is 6.54 Å². The fraction of sp³-hybridized carbons (Fsp3) is 0.500. The summed E-state index contributed by atoms with van der Waals surface area (Å²) in [6.07, 6.45) is -0.200. The van der Waals surface area contributed by atoms with Gasteiger partial charge in [0.15, 0.2) is 5.82 Å². The van der Waals surface area contributed by atoms with Crippen molar-refractivity contribution in [2.24, 2.45) is 0 Å². The molecule has 0 spiro atoms. The van der Waals surface area contributed by atoms with Gasteiger partial charge in [-0.1, -0.05) is 17.3 Å². The first kappa shape index (κ1) is 18.8. The average Bonchev–Trinajstić information content (AvgIpc) is 3.03. The second kappa shape index (κ2) is 8.53. The summed E-state index contributed by atoms with van der Waals surface area (Å²) >= 11 is 0. The zero-order valence-electron chi connectivity index (χ0n) is 13.7. The summed E-state index contributed by atoms with van der Waals surface area (Å²) in [5.74, 6) is 0.870. The van der Waals surface area contributed by atoms with E-state index in [2.05, 4.69) is 20.4 Å². The molecule has 2 atom stereocenters. The van der Waals surface area contributed by atoms with Gasteiger partial charge in [-0.25, -0.2) is 4.39 Å². The summed E-state index contributed by atoms with van der Waals surface area (Å²) in [7, 11) is 1.61. The van der Waals surface area contributed by atoms with Crippen molar-refractivity contribution in [1.29, 1.82) is 0 Å². The van der Waals surface area contributed by atoms with Crippen LogP contribution in [0.25, 0.3) is 0 Å². The first-order valence-corrected chi connectivity index (χ1v) is 7.73. The second-order valence-electron chi connectivity index (χ2n) is 5.67. The molecular weight excluding hydrogens is 335 g/mol. The van der Waals surface area contributed by atoms with Crippen molar-refractivity contribution >= 4 is 12.4 Å². The van der Waals surface area contributed by atoms with E-state index >= 15 is 0 Å². The van der Waals surface area contributed by atoms with Crippen LogP contribution in [0.2, 0.25) is 0 Å². The Morgan fingerprint density at radius 3 is 3.08 bits per heavy atom. The molecule has 132 valence electrons. The largest absolute Gasteiger partial charge is 0.374 e. The number of hydrogen-bond donors (Lipinski definition) is 1. The van der Waals surface area contributed by atoms with Gasteiger partial charge < -0.3 is 14.6 Å². The van der Waals surface area contributed by atoms with Crippen molar-refractivity contribution in [2.45, 2.75) is 25.6 Å². The topological polar surface area (TPSA) is 63.4 Å². The molecule has 0 aliphatic carbocycles. The Labute approximate surface area is 146 Å². The first-order valence-electron chi connectivity index (χ1n) is 7.73. The quantitative estimate of drug-likeness (QED) is 0.888. The maximum Gasteiger partial charge on any atom is 0.240 e. The van der Waals surface area contributed by atoms with Crippen molar-refractivity contribution in [1.82, 2.24) is 20.4 Å². The van der Waals surface area contributed by atoms with E-state index in [0.717, 1.165) is 25.2 Å². The molecule has 2 aromatic rings.